The van der Waals surface area contributed by atoms with Gasteiger partial charge < -0.3 is 0 Å². The van der Waals surface area contributed by atoms with E-state index in [0.29, 0.717) is 11.3 Å². The molecular weight excluding hydrogens is 278 g/mol. The molecule has 0 radical (unpaired) electrons. The van der Waals surface area contributed by atoms with Crippen LogP contribution >= 0.6 is 0 Å². The first-order valence-corrected chi connectivity index (χ1v) is 7.76. The fourth-order valence-electron chi connectivity index (χ4n) is 1.30. The summed E-state index contributed by atoms with van der Waals surface area (Å²) in [5.41, 5.74) is 2.87. The average Bonchev–Trinajstić information content (AvgIpc) is 2.16. The fourth-order valence-corrected chi connectivity index (χ4v) is 2.89. The van der Waals surface area contributed by atoms with Crippen molar-refractivity contribution < 1.29 is 17.9 Å². The maximum absolute atomic E-state index is 4.79. The van der Waals surface area contributed by atoms with Gasteiger partial charge in [-0.25, -0.2) is 0 Å². The van der Waals surface area contributed by atoms with Crippen molar-refractivity contribution in [2.24, 2.45) is 8.91 Å². The van der Waals surface area contributed by atoms with Crippen LogP contribution in [0.4, 0.5) is 5.69 Å². The van der Waals surface area contributed by atoms with Crippen molar-refractivity contribution in [2.45, 2.75) is 40.5 Å². The van der Waals surface area contributed by atoms with Gasteiger partial charge in [0.25, 0.3) is 0 Å². The van der Waals surface area contributed by atoms with Crippen LogP contribution in [-0.2, 0) is 17.9 Å². The molecule has 86 valence electrons. The summed E-state index contributed by atoms with van der Waals surface area (Å²) in [6.45, 7) is 11.2. The predicted octanol–water partition coefficient (Wildman–Crippen LogP) is 4.56. The van der Waals surface area contributed by atoms with E-state index in [9.17, 15) is 0 Å². The summed E-state index contributed by atoms with van der Waals surface area (Å²) < 4.78 is 7.17. The number of hydrogen-bond donors (Lipinski definition) is 0. The minimum absolute atomic E-state index is 0.304. The van der Waals surface area contributed by atoms with Crippen molar-refractivity contribution in [2.75, 3.05) is 0 Å². The Morgan fingerprint density at radius 1 is 1.19 bits per heavy atom. The van der Waals surface area contributed by atoms with Crippen molar-refractivity contribution >= 4 is 10.1 Å². The second kappa shape index (κ2) is 5.77. The topological polar surface area (TPSA) is 12.4 Å². The summed E-state index contributed by atoms with van der Waals surface area (Å²) in [6.07, 6.45) is 0. The number of hydrogen-bond acceptors (Lipinski definition) is 1. The molecule has 1 aromatic rings. The van der Waals surface area contributed by atoms with Gasteiger partial charge in [0.15, 0.2) is 0 Å². The quantitative estimate of drug-likeness (QED) is 0.710. The van der Waals surface area contributed by atoms with E-state index in [2.05, 4.69) is 63.3 Å². The van der Waals surface area contributed by atoms with E-state index >= 15 is 0 Å². The van der Waals surface area contributed by atoms with Crippen molar-refractivity contribution in [3.63, 3.8) is 0 Å². The third-order valence-electron chi connectivity index (χ3n) is 2.12. The van der Waals surface area contributed by atoms with Gasteiger partial charge in [0, 0.05) is 0 Å². The van der Waals surface area contributed by atoms with Gasteiger partial charge in [-0.15, -0.1) is 0 Å². The molecule has 0 heterocycles. The second-order valence-electron chi connectivity index (χ2n) is 5.39. The van der Waals surface area contributed by atoms with E-state index in [-0.39, 0.29) is 17.9 Å². The third-order valence-corrected chi connectivity index (χ3v) is 4.86. The summed E-state index contributed by atoms with van der Waals surface area (Å²) in [4.78, 5) is 0. The molecule has 0 aromatic heterocycles. The van der Waals surface area contributed by atoms with E-state index in [0.717, 1.165) is 0 Å². The summed E-state index contributed by atoms with van der Waals surface area (Å²) in [6, 6.07) is 8.50. The van der Waals surface area contributed by atoms with Crippen LogP contribution in [0.1, 0.15) is 46.1 Å². The monoisotopic (exact) mass is 301 g/mol. The Morgan fingerprint density at radius 2 is 1.81 bits per heavy atom. The molecule has 0 aliphatic carbocycles. The first-order chi connectivity index (χ1) is 7.40. The predicted molar refractivity (Wildman–Crippen MR) is 68.1 cm³/mol. The summed E-state index contributed by atoms with van der Waals surface area (Å²) in [5.74, 6) is 0.557. The number of rotatable bonds is 2. The van der Waals surface area contributed by atoms with E-state index in [1.165, 1.54) is 11.3 Å². The first-order valence-electron chi connectivity index (χ1n) is 5.70. The molecule has 0 unspecified atom stereocenters. The molecule has 0 N–H and O–H groups in total. The molecule has 0 aliphatic heterocycles. The van der Waals surface area contributed by atoms with E-state index in [1.807, 2.05) is 0 Å². The van der Waals surface area contributed by atoms with E-state index in [1.54, 1.807) is 0 Å². The molecule has 0 atom stereocenters. The average molecular weight is 299 g/mol. The van der Waals surface area contributed by atoms with Crippen molar-refractivity contribution in [3.8, 4) is 0 Å². The molecule has 1 nitrogen and oxygen atoms in total. The van der Waals surface area contributed by atoms with Gasteiger partial charge in [0.1, 0.15) is 0 Å². The van der Waals surface area contributed by atoms with Crippen LogP contribution in [0.5, 0.6) is 0 Å². The maximum atomic E-state index is 4.79. The van der Waals surface area contributed by atoms with Crippen LogP contribution in [0.15, 0.2) is 27.8 Å². The normalized spacial score (nSPS) is 11.1. The Balaban J connectivity index is 3.02. The zero-order valence-corrected chi connectivity index (χ0v) is 12.8. The molecule has 0 aliphatic rings. The van der Waals surface area contributed by atoms with Gasteiger partial charge in [-0.05, 0) is 0 Å². The van der Waals surface area contributed by atoms with Crippen LogP contribution < -0.4 is 0 Å². The van der Waals surface area contributed by atoms with Gasteiger partial charge in [-0.2, -0.15) is 0 Å². The molecule has 0 fully saturated rings. The molecule has 0 saturated carbocycles. The molecule has 2 heteroatoms. The minimum atomic E-state index is -0.365. The zero-order chi connectivity index (χ0) is 12.2. The Kier molecular flexibility index (Phi) is 4.92. The molecule has 0 amide bonds. The standard InChI is InChI=1S/C9H11N.C5H10.Mo/c1-7(2)8-5-3-4-6-9(8)10;1-5(2,3)4;/h3-7H,1-2H3;1H,2-4H3;/q;;+2. The number of benzene rings is 1. The molecule has 16 heavy (non-hydrogen) atoms. The molecule has 0 bridgehead atoms. The molecule has 1 rings (SSSR count). The first kappa shape index (κ1) is 13.6. The van der Waals surface area contributed by atoms with Gasteiger partial charge in [0.05, 0.1) is 0 Å². The van der Waals surface area contributed by atoms with Gasteiger partial charge >= 0.3 is 107 Å². The van der Waals surface area contributed by atoms with Crippen LogP contribution in [0, 0.1) is 5.41 Å². The van der Waals surface area contributed by atoms with Crippen molar-refractivity contribution in [1.29, 1.82) is 0 Å². The Hall–Kier alpha value is -0.422. The van der Waals surface area contributed by atoms with Crippen molar-refractivity contribution in [1.82, 2.24) is 0 Å². The van der Waals surface area contributed by atoms with Crippen LogP contribution in [0.2, 0.25) is 0 Å². The zero-order valence-electron chi connectivity index (χ0n) is 10.8. The molecule has 0 saturated heterocycles. The second-order valence-corrected chi connectivity index (χ2v) is 6.94. The molecule has 1 aromatic carbocycles. The Labute approximate surface area is 107 Å². The molecule has 0 spiro atoms. The van der Waals surface area contributed by atoms with Crippen molar-refractivity contribution in [3.05, 3.63) is 29.8 Å². The van der Waals surface area contributed by atoms with Gasteiger partial charge in [0.2, 0.25) is 0 Å². The van der Waals surface area contributed by atoms with Gasteiger partial charge in [-0.1, -0.05) is 0 Å². The SMILES string of the molecule is CC(C)c1ccccc1[N]=[Mo+2]=[CH]C(C)(C)C. The van der Waals surface area contributed by atoms with Crippen LogP contribution in [-0.4, -0.2) is 4.40 Å². The van der Waals surface area contributed by atoms with Crippen LogP contribution in [0.25, 0.3) is 0 Å². The van der Waals surface area contributed by atoms with E-state index < -0.39 is 0 Å². The molecular formula is C14H21MoN+2. The Bertz CT molecular complexity index is 407. The summed E-state index contributed by atoms with van der Waals surface area (Å²) in [7, 11) is 0. The third kappa shape index (κ3) is 4.61. The summed E-state index contributed by atoms with van der Waals surface area (Å²) in [5, 5.41) is 0. The fraction of sp³-hybridized carbons (Fsp3) is 0.500. The van der Waals surface area contributed by atoms with Gasteiger partial charge in [-0.3, -0.25) is 0 Å². The number of nitrogens with zero attached hydrogens (tertiary/aromatic N) is 1. The Morgan fingerprint density at radius 3 is 2.38 bits per heavy atom. The van der Waals surface area contributed by atoms with E-state index in [4.69, 9.17) is 3.50 Å². The summed E-state index contributed by atoms with van der Waals surface area (Å²) >= 11 is -0.365. The van der Waals surface area contributed by atoms with Crippen LogP contribution in [0.3, 0.4) is 0 Å².